The number of guanidine groups is 1. The smallest absolute Gasteiger partial charge is 0.213 e. The number of nitrogens with one attached hydrogen (secondary N) is 1. The largest absolute Gasteiger partial charge is 0.493 e. The van der Waals surface area contributed by atoms with Crippen molar-refractivity contribution in [2.24, 2.45) is 10.7 Å². The van der Waals surface area contributed by atoms with E-state index in [-0.39, 0.29) is 30.1 Å². The number of halogens is 1. The van der Waals surface area contributed by atoms with Gasteiger partial charge in [0.05, 0.1) is 26.9 Å². The van der Waals surface area contributed by atoms with E-state index in [0.717, 1.165) is 11.1 Å². The van der Waals surface area contributed by atoms with Gasteiger partial charge in [-0.1, -0.05) is 12.1 Å². The van der Waals surface area contributed by atoms with Crippen LogP contribution in [0.2, 0.25) is 0 Å². The van der Waals surface area contributed by atoms with E-state index in [1.165, 1.54) is 0 Å². The minimum absolute atomic E-state index is 0. The van der Waals surface area contributed by atoms with Gasteiger partial charge in [0, 0.05) is 18.8 Å². The SMILES string of the molecule is COc1ccc(CNC(N)=NCc2ccc(OC(C)C)nc2)cc1OC.I. The van der Waals surface area contributed by atoms with Crippen LogP contribution in [0.1, 0.15) is 25.0 Å². The lowest BCUT2D eigenvalue weighted by atomic mass is 10.2. The quantitative estimate of drug-likeness (QED) is 0.339. The van der Waals surface area contributed by atoms with Gasteiger partial charge >= 0.3 is 0 Å². The minimum atomic E-state index is 0. The normalized spacial score (nSPS) is 10.9. The van der Waals surface area contributed by atoms with Crippen molar-refractivity contribution in [2.45, 2.75) is 33.0 Å². The summed E-state index contributed by atoms with van der Waals surface area (Å²) in [6.07, 6.45) is 1.84. The molecule has 0 saturated heterocycles. The fourth-order valence-corrected chi connectivity index (χ4v) is 2.23. The zero-order valence-corrected chi connectivity index (χ0v) is 18.4. The van der Waals surface area contributed by atoms with Gasteiger partial charge in [-0.15, -0.1) is 24.0 Å². The summed E-state index contributed by atoms with van der Waals surface area (Å²) in [6.45, 7) is 4.91. The number of nitrogens with zero attached hydrogens (tertiary/aromatic N) is 2. The van der Waals surface area contributed by atoms with Crippen molar-refractivity contribution in [3.05, 3.63) is 47.7 Å². The van der Waals surface area contributed by atoms with E-state index >= 15 is 0 Å². The molecule has 0 bridgehead atoms. The Labute approximate surface area is 177 Å². The van der Waals surface area contributed by atoms with Crippen molar-refractivity contribution >= 4 is 29.9 Å². The summed E-state index contributed by atoms with van der Waals surface area (Å²) in [5.41, 5.74) is 7.90. The number of pyridine rings is 1. The van der Waals surface area contributed by atoms with Crippen LogP contribution in [0.25, 0.3) is 0 Å². The maximum atomic E-state index is 5.93. The van der Waals surface area contributed by atoms with Gasteiger partial charge in [0.2, 0.25) is 5.88 Å². The molecule has 0 unspecified atom stereocenters. The zero-order valence-electron chi connectivity index (χ0n) is 16.1. The number of rotatable bonds is 8. The highest BCUT2D eigenvalue weighted by Crippen LogP contribution is 2.27. The predicted molar refractivity (Wildman–Crippen MR) is 117 cm³/mol. The van der Waals surface area contributed by atoms with Crippen molar-refractivity contribution in [3.8, 4) is 17.4 Å². The number of hydrogen-bond donors (Lipinski definition) is 2. The van der Waals surface area contributed by atoms with Gasteiger partial charge in [0.25, 0.3) is 0 Å². The molecule has 3 N–H and O–H groups in total. The summed E-state index contributed by atoms with van der Waals surface area (Å²) >= 11 is 0. The van der Waals surface area contributed by atoms with Crippen LogP contribution in [-0.2, 0) is 13.1 Å². The van der Waals surface area contributed by atoms with E-state index in [1.807, 2.05) is 44.2 Å². The van der Waals surface area contributed by atoms with Crippen LogP contribution in [0.15, 0.2) is 41.5 Å². The first-order valence-electron chi connectivity index (χ1n) is 8.38. The number of aromatic nitrogens is 1. The van der Waals surface area contributed by atoms with E-state index < -0.39 is 0 Å². The second-order valence-corrected chi connectivity index (χ2v) is 5.92. The van der Waals surface area contributed by atoms with Gasteiger partial charge < -0.3 is 25.3 Å². The van der Waals surface area contributed by atoms with Gasteiger partial charge in [-0.05, 0) is 37.1 Å². The Bertz CT molecular complexity index is 736. The van der Waals surface area contributed by atoms with Crippen molar-refractivity contribution < 1.29 is 14.2 Å². The molecule has 2 rings (SSSR count). The maximum absolute atomic E-state index is 5.93. The van der Waals surface area contributed by atoms with Gasteiger partial charge in [0.1, 0.15) is 0 Å². The molecule has 7 nitrogen and oxygen atoms in total. The average Bonchev–Trinajstić information content (AvgIpc) is 2.65. The van der Waals surface area contributed by atoms with E-state index in [9.17, 15) is 0 Å². The van der Waals surface area contributed by atoms with Crippen molar-refractivity contribution in [3.63, 3.8) is 0 Å². The molecule has 0 spiro atoms. The summed E-state index contributed by atoms with van der Waals surface area (Å²) in [7, 11) is 3.22. The molecule has 1 aromatic heterocycles. The van der Waals surface area contributed by atoms with Crippen LogP contribution in [0.4, 0.5) is 0 Å². The molecule has 27 heavy (non-hydrogen) atoms. The third kappa shape index (κ3) is 7.49. The van der Waals surface area contributed by atoms with Crippen LogP contribution < -0.4 is 25.3 Å². The number of benzene rings is 1. The van der Waals surface area contributed by atoms with Crippen LogP contribution in [0.3, 0.4) is 0 Å². The second kappa shape index (κ2) is 11.5. The molecule has 0 amide bonds. The third-order valence-corrected chi connectivity index (χ3v) is 3.51. The van der Waals surface area contributed by atoms with E-state index in [1.54, 1.807) is 20.4 Å². The van der Waals surface area contributed by atoms with Gasteiger partial charge in [-0.2, -0.15) is 0 Å². The first-order valence-corrected chi connectivity index (χ1v) is 8.38. The van der Waals surface area contributed by atoms with Crippen molar-refractivity contribution in [1.29, 1.82) is 0 Å². The molecular formula is C19H27IN4O3. The van der Waals surface area contributed by atoms with Crippen molar-refractivity contribution in [2.75, 3.05) is 14.2 Å². The molecule has 2 aromatic rings. The van der Waals surface area contributed by atoms with E-state index in [2.05, 4.69) is 15.3 Å². The molecule has 1 aromatic carbocycles. The van der Waals surface area contributed by atoms with Crippen LogP contribution in [0.5, 0.6) is 17.4 Å². The average molecular weight is 486 g/mol. The van der Waals surface area contributed by atoms with Crippen LogP contribution in [0, 0.1) is 0 Å². The molecule has 0 saturated carbocycles. The third-order valence-electron chi connectivity index (χ3n) is 3.51. The standard InChI is InChI=1S/C19H26N4O3.HI/c1-13(2)26-18-8-6-15(11-21-18)12-23-19(20)22-10-14-5-7-16(24-3)17(9-14)25-4;/h5-9,11,13H,10,12H2,1-4H3,(H3,20,22,23);1H. The minimum Gasteiger partial charge on any atom is -0.493 e. The lowest BCUT2D eigenvalue weighted by Gasteiger charge is -2.11. The highest BCUT2D eigenvalue weighted by Gasteiger charge is 2.05. The molecule has 148 valence electrons. The van der Waals surface area contributed by atoms with Crippen LogP contribution >= 0.6 is 24.0 Å². The summed E-state index contributed by atoms with van der Waals surface area (Å²) in [5.74, 6) is 2.34. The molecule has 0 fully saturated rings. The Kier molecular flexibility index (Phi) is 9.70. The van der Waals surface area contributed by atoms with Crippen LogP contribution in [-0.4, -0.2) is 31.3 Å². The highest BCUT2D eigenvalue weighted by molar-refractivity contribution is 14.0. The van der Waals surface area contributed by atoms with E-state index in [0.29, 0.717) is 36.4 Å². The first-order chi connectivity index (χ1) is 12.5. The Balaban J connectivity index is 0.00000364. The number of aliphatic imine (C=N–C) groups is 1. The van der Waals surface area contributed by atoms with E-state index in [4.69, 9.17) is 19.9 Å². The predicted octanol–water partition coefficient (Wildman–Crippen LogP) is 3.11. The monoisotopic (exact) mass is 486 g/mol. The molecule has 8 heteroatoms. The summed E-state index contributed by atoms with van der Waals surface area (Å²) in [5, 5.41) is 3.08. The number of nitrogens with two attached hydrogens (primary N) is 1. The molecule has 0 aliphatic rings. The summed E-state index contributed by atoms with van der Waals surface area (Å²) in [4.78, 5) is 8.57. The highest BCUT2D eigenvalue weighted by atomic mass is 127. The Hall–Kier alpha value is -2.23. The van der Waals surface area contributed by atoms with Gasteiger partial charge in [-0.3, -0.25) is 0 Å². The topological polar surface area (TPSA) is 91.0 Å². The molecule has 0 atom stereocenters. The Morgan fingerprint density at radius 1 is 1.11 bits per heavy atom. The zero-order chi connectivity index (χ0) is 18.9. The number of methoxy groups -OCH3 is 2. The van der Waals surface area contributed by atoms with Gasteiger partial charge in [0.15, 0.2) is 17.5 Å². The summed E-state index contributed by atoms with van der Waals surface area (Å²) < 4.78 is 16.0. The van der Waals surface area contributed by atoms with Crippen molar-refractivity contribution in [1.82, 2.24) is 10.3 Å². The summed E-state index contributed by atoms with van der Waals surface area (Å²) in [6, 6.07) is 9.46. The number of ether oxygens (including phenoxy) is 3. The molecule has 0 radical (unpaired) electrons. The molecular weight excluding hydrogens is 459 g/mol. The molecule has 1 heterocycles. The Morgan fingerprint density at radius 2 is 1.81 bits per heavy atom. The first kappa shape index (κ1) is 22.8. The molecule has 0 aliphatic carbocycles. The lowest BCUT2D eigenvalue weighted by molar-refractivity contribution is 0.232. The second-order valence-electron chi connectivity index (χ2n) is 5.92. The fourth-order valence-electron chi connectivity index (χ4n) is 2.23. The molecule has 0 aliphatic heterocycles. The Morgan fingerprint density at radius 3 is 2.41 bits per heavy atom. The fraction of sp³-hybridized carbons (Fsp3) is 0.368. The number of hydrogen-bond acceptors (Lipinski definition) is 5. The maximum Gasteiger partial charge on any atom is 0.213 e. The van der Waals surface area contributed by atoms with Gasteiger partial charge in [-0.25, -0.2) is 9.98 Å². The lowest BCUT2D eigenvalue weighted by Crippen LogP contribution is -2.31.